The molecule has 3 aliphatic heterocycles. The van der Waals surface area contributed by atoms with Crippen LogP contribution in [-0.2, 0) is 17.7 Å². The number of carbonyl (C=O) groups is 2. The number of benzene rings is 2. The van der Waals surface area contributed by atoms with Crippen LogP contribution in [-0.4, -0.2) is 89.4 Å². The molecular weight excluding hydrogens is 494 g/mol. The van der Waals surface area contributed by atoms with Crippen LogP contribution in [0.3, 0.4) is 0 Å². The Balaban J connectivity index is 1.19. The predicted molar refractivity (Wildman–Crippen MR) is 150 cm³/mol. The van der Waals surface area contributed by atoms with Crippen molar-refractivity contribution in [2.75, 3.05) is 45.9 Å². The maximum absolute atomic E-state index is 13.4. The minimum absolute atomic E-state index is 0.120. The molecule has 0 bridgehead atoms. The molecule has 1 atom stereocenters. The summed E-state index contributed by atoms with van der Waals surface area (Å²) in [5.41, 5.74) is 4.79. The van der Waals surface area contributed by atoms with E-state index in [1.54, 1.807) is 9.80 Å². The Morgan fingerprint density at radius 1 is 1.05 bits per heavy atom. The molecule has 1 unspecified atom stereocenters. The fraction of sp³-hybridized carbons (Fsp3) is 0.484. The van der Waals surface area contributed by atoms with Crippen LogP contribution in [0.4, 0.5) is 4.79 Å². The number of β-amino-alcohol motifs (C(OH)–C–C–N with tert-alkyl or cyclic N) is 1. The van der Waals surface area contributed by atoms with E-state index in [1.807, 2.05) is 45.0 Å². The Morgan fingerprint density at radius 3 is 2.59 bits per heavy atom. The minimum atomic E-state index is -0.639. The highest BCUT2D eigenvalue weighted by Gasteiger charge is 2.28. The monoisotopic (exact) mass is 533 g/mol. The fourth-order valence-electron chi connectivity index (χ4n) is 5.47. The Bertz CT molecular complexity index is 1250. The maximum atomic E-state index is 13.4. The number of aliphatic hydroxyl groups is 1. The molecule has 0 aromatic heterocycles. The van der Waals surface area contributed by atoms with Gasteiger partial charge in [0.05, 0.1) is 18.2 Å². The zero-order valence-electron chi connectivity index (χ0n) is 23.2. The molecule has 5 rings (SSSR count). The number of hydrogen-bond acceptors (Lipinski definition) is 6. The SMILES string of the molecule is CC(C)(C)OC(=O)N1CC=C(c2ccc3c(c2)OCCN(CC(O)CN2CCc4ccccc4C2)C3=O)CC1. The van der Waals surface area contributed by atoms with Crippen LogP contribution in [0, 0.1) is 0 Å². The van der Waals surface area contributed by atoms with Gasteiger partial charge in [-0.25, -0.2) is 4.79 Å². The predicted octanol–water partition coefficient (Wildman–Crippen LogP) is 3.96. The smallest absolute Gasteiger partial charge is 0.410 e. The van der Waals surface area contributed by atoms with Crippen molar-refractivity contribution < 1.29 is 24.2 Å². The second kappa shape index (κ2) is 11.4. The lowest BCUT2D eigenvalue weighted by Crippen LogP contribution is -2.44. The number of ether oxygens (including phenoxy) is 2. The molecule has 8 heteroatoms. The normalized spacial score (nSPS) is 18.9. The maximum Gasteiger partial charge on any atom is 0.410 e. The highest BCUT2D eigenvalue weighted by Crippen LogP contribution is 2.31. The second-order valence-electron chi connectivity index (χ2n) is 11.6. The Morgan fingerprint density at radius 2 is 1.85 bits per heavy atom. The second-order valence-corrected chi connectivity index (χ2v) is 11.6. The molecule has 39 heavy (non-hydrogen) atoms. The van der Waals surface area contributed by atoms with Crippen molar-refractivity contribution in [3.05, 3.63) is 70.8 Å². The topological polar surface area (TPSA) is 82.5 Å². The molecule has 3 aliphatic rings. The lowest BCUT2D eigenvalue weighted by molar-refractivity contribution is 0.0270. The van der Waals surface area contributed by atoms with Crippen LogP contribution in [0.1, 0.15) is 54.2 Å². The number of amides is 2. The first kappa shape index (κ1) is 27.2. The van der Waals surface area contributed by atoms with Crippen molar-refractivity contribution in [2.45, 2.75) is 51.9 Å². The van der Waals surface area contributed by atoms with Crippen molar-refractivity contribution in [3.8, 4) is 5.75 Å². The van der Waals surface area contributed by atoms with Gasteiger partial charge in [-0.1, -0.05) is 36.4 Å². The number of hydrogen-bond donors (Lipinski definition) is 1. The number of rotatable bonds is 5. The molecule has 0 aliphatic carbocycles. The van der Waals surface area contributed by atoms with Crippen molar-refractivity contribution in [1.29, 1.82) is 0 Å². The minimum Gasteiger partial charge on any atom is -0.491 e. The summed E-state index contributed by atoms with van der Waals surface area (Å²) in [6.45, 7) is 9.97. The highest BCUT2D eigenvalue weighted by molar-refractivity contribution is 5.97. The summed E-state index contributed by atoms with van der Waals surface area (Å²) in [6, 6.07) is 14.1. The molecule has 0 saturated heterocycles. The molecular formula is C31H39N3O5. The average molecular weight is 534 g/mol. The molecule has 2 amide bonds. The molecule has 3 heterocycles. The van der Waals surface area contributed by atoms with Gasteiger partial charge in [0.15, 0.2) is 0 Å². The quantitative estimate of drug-likeness (QED) is 0.627. The summed E-state index contributed by atoms with van der Waals surface area (Å²) in [7, 11) is 0. The summed E-state index contributed by atoms with van der Waals surface area (Å²) < 4.78 is 11.5. The Hall–Kier alpha value is -3.36. The summed E-state index contributed by atoms with van der Waals surface area (Å²) in [6.07, 6.45) is 2.77. The van der Waals surface area contributed by atoms with Crippen LogP contribution in [0.2, 0.25) is 0 Å². The van der Waals surface area contributed by atoms with Gasteiger partial charge < -0.3 is 24.4 Å². The van der Waals surface area contributed by atoms with Gasteiger partial charge in [-0.3, -0.25) is 9.69 Å². The fourth-order valence-corrected chi connectivity index (χ4v) is 5.47. The third-order valence-electron chi connectivity index (χ3n) is 7.46. The van der Waals surface area contributed by atoms with E-state index in [9.17, 15) is 14.7 Å². The van der Waals surface area contributed by atoms with Gasteiger partial charge in [0.1, 0.15) is 18.0 Å². The average Bonchev–Trinajstić information content (AvgIpc) is 3.05. The summed E-state index contributed by atoms with van der Waals surface area (Å²) in [5, 5.41) is 10.9. The van der Waals surface area contributed by atoms with Crippen molar-refractivity contribution >= 4 is 17.6 Å². The van der Waals surface area contributed by atoms with E-state index >= 15 is 0 Å². The summed E-state index contributed by atoms with van der Waals surface area (Å²) in [4.78, 5) is 31.4. The van der Waals surface area contributed by atoms with Gasteiger partial charge >= 0.3 is 6.09 Å². The summed E-state index contributed by atoms with van der Waals surface area (Å²) >= 11 is 0. The van der Waals surface area contributed by atoms with E-state index in [-0.39, 0.29) is 18.5 Å². The van der Waals surface area contributed by atoms with Crippen LogP contribution in [0.25, 0.3) is 5.57 Å². The third kappa shape index (κ3) is 6.62. The van der Waals surface area contributed by atoms with E-state index in [2.05, 4.69) is 29.2 Å². The van der Waals surface area contributed by atoms with E-state index in [0.29, 0.717) is 50.5 Å². The molecule has 2 aromatic carbocycles. The standard InChI is InChI=1S/C31H39N3O5/c1-31(2,3)39-30(37)33-14-11-23(12-15-33)24-8-9-27-28(18-24)38-17-16-34(29(27)36)21-26(35)20-32-13-10-22-6-4-5-7-25(22)19-32/h4-9,11,18,26,35H,10,12-17,19-21H2,1-3H3. The first-order valence-corrected chi connectivity index (χ1v) is 13.9. The molecule has 0 radical (unpaired) electrons. The first-order valence-electron chi connectivity index (χ1n) is 13.9. The highest BCUT2D eigenvalue weighted by atomic mass is 16.6. The van der Waals surface area contributed by atoms with Gasteiger partial charge in [-0.2, -0.15) is 0 Å². The van der Waals surface area contributed by atoms with E-state index in [0.717, 1.165) is 30.6 Å². The van der Waals surface area contributed by atoms with Crippen LogP contribution in [0.15, 0.2) is 48.5 Å². The van der Waals surface area contributed by atoms with Gasteiger partial charge in [-0.05, 0) is 68.0 Å². The van der Waals surface area contributed by atoms with Gasteiger partial charge in [0, 0.05) is 39.3 Å². The number of aliphatic hydroxyl groups excluding tert-OH is 1. The number of nitrogens with zero attached hydrogens (tertiary/aromatic N) is 3. The molecule has 0 fully saturated rings. The van der Waals surface area contributed by atoms with Gasteiger partial charge in [-0.15, -0.1) is 0 Å². The van der Waals surface area contributed by atoms with Gasteiger partial charge in [0.25, 0.3) is 5.91 Å². The van der Waals surface area contributed by atoms with E-state index in [1.165, 1.54) is 11.1 Å². The van der Waals surface area contributed by atoms with Crippen LogP contribution < -0.4 is 4.74 Å². The largest absolute Gasteiger partial charge is 0.491 e. The van der Waals surface area contributed by atoms with Crippen LogP contribution in [0.5, 0.6) is 5.75 Å². The molecule has 0 saturated carbocycles. The zero-order chi connectivity index (χ0) is 27.6. The molecule has 1 N–H and O–H groups in total. The lowest BCUT2D eigenvalue weighted by atomic mass is 9.97. The van der Waals surface area contributed by atoms with E-state index in [4.69, 9.17) is 9.47 Å². The van der Waals surface area contributed by atoms with Crippen LogP contribution >= 0.6 is 0 Å². The third-order valence-corrected chi connectivity index (χ3v) is 7.46. The first-order chi connectivity index (χ1) is 18.7. The van der Waals surface area contributed by atoms with Gasteiger partial charge in [0.2, 0.25) is 0 Å². The summed E-state index contributed by atoms with van der Waals surface area (Å²) in [5.74, 6) is 0.448. The van der Waals surface area contributed by atoms with Crippen molar-refractivity contribution in [1.82, 2.24) is 14.7 Å². The van der Waals surface area contributed by atoms with Crippen molar-refractivity contribution in [2.24, 2.45) is 0 Å². The zero-order valence-corrected chi connectivity index (χ0v) is 23.2. The van der Waals surface area contributed by atoms with E-state index < -0.39 is 11.7 Å². The Kier molecular flexibility index (Phi) is 7.96. The lowest BCUT2D eigenvalue weighted by Gasteiger charge is -2.32. The molecule has 8 nitrogen and oxygen atoms in total. The van der Waals surface area contributed by atoms with Crippen molar-refractivity contribution in [3.63, 3.8) is 0 Å². The number of fused-ring (bicyclic) bond motifs is 2. The molecule has 2 aromatic rings. The Labute approximate surface area is 230 Å². The molecule has 208 valence electrons. The molecule has 0 spiro atoms. The number of carbonyl (C=O) groups excluding carboxylic acids is 2.